The molecule has 0 amide bonds. The number of nitrogens with zero attached hydrogens (tertiary/aromatic N) is 1. The minimum Gasteiger partial charge on any atom is -0.481 e. The summed E-state index contributed by atoms with van der Waals surface area (Å²) in [6, 6.07) is 11.7. The molecule has 3 aromatic rings. The summed E-state index contributed by atoms with van der Waals surface area (Å²) in [5.74, 6) is -0.969. The molecule has 0 aliphatic heterocycles. The van der Waals surface area contributed by atoms with Gasteiger partial charge < -0.3 is 5.11 Å². The number of carboxylic acid groups (broad SMARTS) is 1. The normalized spacial score (nSPS) is 11.6. The number of hydrogen-bond donors (Lipinski definition) is 2. The van der Waals surface area contributed by atoms with Crippen molar-refractivity contribution >= 4 is 55.0 Å². The quantitative estimate of drug-likeness (QED) is 0.620. The maximum Gasteiger partial charge on any atom is 0.313 e. The molecule has 25 heavy (non-hydrogen) atoms. The summed E-state index contributed by atoms with van der Waals surface area (Å²) in [7, 11) is -3.66. The van der Waals surface area contributed by atoms with E-state index in [0.717, 1.165) is 22.0 Å². The highest BCUT2D eigenvalue weighted by atomic mass is 32.2. The molecular formula is C16H14N2O4S3. The molecule has 0 fully saturated rings. The molecule has 9 heteroatoms. The zero-order chi connectivity index (χ0) is 18.0. The van der Waals surface area contributed by atoms with Crippen LogP contribution in [0.4, 0.5) is 5.69 Å². The zero-order valence-electron chi connectivity index (χ0n) is 13.1. The number of anilines is 1. The molecule has 6 nitrogen and oxygen atoms in total. The standard InChI is InChI=1S/C16H14N2O4S3/c1-10-2-5-12(6-3-10)25(21,22)18-11-4-7-13-14(8-11)24-16(17-13)23-9-15(19)20/h2-8,18H,9H2,1H3,(H,19,20). The highest BCUT2D eigenvalue weighted by molar-refractivity contribution is 8.01. The van der Waals surface area contributed by atoms with Crippen molar-refractivity contribution in [3.63, 3.8) is 0 Å². The number of thiazole rings is 1. The number of hydrogen-bond acceptors (Lipinski definition) is 6. The fourth-order valence-corrected chi connectivity index (χ4v) is 4.96. The third-order valence-electron chi connectivity index (χ3n) is 3.27. The maximum absolute atomic E-state index is 12.4. The van der Waals surface area contributed by atoms with E-state index >= 15 is 0 Å². The van der Waals surface area contributed by atoms with Crippen molar-refractivity contribution in [2.75, 3.05) is 10.5 Å². The third-order valence-corrected chi connectivity index (χ3v) is 6.81. The predicted octanol–water partition coefficient (Wildman–Crippen LogP) is 3.58. The van der Waals surface area contributed by atoms with Gasteiger partial charge in [-0.1, -0.05) is 29.5 Å². The van der Waals surface area contributed by atoms with Crippen LogP contribution in [0.15, 0.2) is 51.7 Å². The number of rotatable bonds is 6. The predicted molar refractivity (Wildman–Crippen MR) is 100.0 cm³/mol. The molecule has 0 saturated heterocycles. The van der Waals surface area contributed by atoms with Gasteiger partial charge in [-0.3, -0.25) is 9.52 Å². The number of fused-ring (bicyclic) bond motifs is 1. The van der Waals surface area contributed by atoms with E-state index in [1.807, 2.05) is 6.92 Å². The van der Waals surface area contributed by atoms with Crippen LogP contribution >= 0.6 is 23.1 Å². The van der Waals surface area contributed by atoms with E-state index < -0.39 is 16.0 Å². The van der Waals surface area contributed by atoms with Crippen molar-refractivity contribution in [3.05, 3.63) is 48.0 Å². The number of nitrogens with one attached hydrogen (secondary N) is 1. The summed E-state index contributed by atoms with van der Waals surface area (Å²) >= 11 is 2.47. The first kappa shape index (κ1) is 17.7. The van der Waals surface area contributed by atoms with E-state index in [2.05, 4.69) is 9.71 Å². The number of aliphatic carboxylic acids is 1. The van der Waals surface area contributed by atoms with Crippen LogP contribution in [0.1, 0.15) is 5.56 Å². The summed E-state index contributed by atoms with van der Waals surface area (Å²) in [6.07, 6.45) is 0. The number of thioether (sulfide) groups is 1. The van der Waals surface area contributed by atoms with Crippen molar-refractivity contribution < 1.29 is 18.3 Å². The Kier molecular flexibility index (Phi) is 4.98. The first-order chi connectivity index (χ1) is 11.8. The van der Waals surface area contributed by atoms with Crippen molar-refractivity contribution in [1.82, 2.24) is 4.98 Å². The van der Waals surface area contributed by atoms with Crippen LogP contribution < -0.4 is 4.72 Å². The Morgan fingerprint density at radius 3 is 2.64 bits per heavy atom. The molecular weight excluding hydrogens is 380 g/mol. The highest BCUT2D eigenvalue weighted by Crippen LogP contribution is 2.31. The fourth-order valence-electron chi connectivity index (χ4n) is 2.08. The van der Waals surface area contributed by atoms with Crippen molar-refractivity contribution in [2.24, 2.45) is 0 Å². The Labute approximate surface area is 153 Å². The van der Waals surface area contributed by atoms with Gasteiger partial charge in [-0.15, -0.1) is 11.3 Å². The highest BCUT2D eigenvalue weighted by Gasteiger charge is 2.15. The SMILES string of the molecule is Cc1ccc(S(=O)(=O)Nc2ccc3nc(SCC(=O)O)sc3c2)cc1. The molecule has 3 rings (SSSR count). The molecule has 2 aromatic carbocycles. The van der Waals surface area contributed by atoms with Gasteiger partial charge in [0.2, 0.25) is 0 Å². The molecule has 0 saturated carbocycles. The van der Waals surface area contributed by atoms with E-state index in [9.17, 15) is 13.2 Å². The van der Waals surface area contributed by atoms with Crippen LogP contribution in [0.5, 0.6) is 0 Å². The lowest BCUT2D eigenvalue weighted by Gasteiger charge is -2.08. The molecule has 0 spiro atoms. The molecule has 0 radical (unpaired) electrons. The Morgan fingerprint density at radius 2 is 1.96 bits per heavy atom. The van der Waals surface area contributed by atoms with Crippen LogP contribution in [-0.2, 0) is 14.8 Å². The number of carboxylic acids is 1. The molecule has 0 bridgehead atoms. The number of benzene rings is 2. The maximum atomic E-state index is 12.4. The van der Waals surface area contributed by atoms with Crippen LogP contribution in [0.3, 0.4) is 0 Å². The lowest BCUT2D eigenvalue weighted by atomic mass is 10.2. The summed E-state index contributed by atoms with van der Waals surface area (Å²) in [4.78, 5) is 15.2. The van der Waals surface area contributed by atoms with Gasteiger partial charge in [0.1, 0.15) is 0 Å². The van der Waals surface area contributed by atoms with Crippen LogP contribution in [0.25, 0.3) is 10.2 Å². The summed E-state index contributed by atoms with van der Waals surface area (Å²) in [6.45, 7) is 1.89. The third kappa shape index (κ3) is 4.30. The van der Waals surface area contributed by atoms with E-state index in [1.165, 1.54) is 11.3 Å². The van der Waals surface area contributed by atoms with E-state index in [0.29, 0.717) is 15.5 Å². The minimum absolute atomic E-state index is 0.0628. The average Bonchev–Trinajstić information content (AvgIpc) is 2.95. The van der Waals surface area contributed by atoms with Crippen molar-refractivity contribution in [1.29, 1.82) is 0 Å². The molecule has 1 aromatic heterocycles. The fraction of sp³-hybridized carbons (Fsp3) is 0.125. The number of sulfonamides is 1. The Bertz CT molecular complexity index is 1030. The van der Waals surface area contributed by atoms with E-state index in [-0.39, 0.29) is 10.6 Å². The summed E-state index contributed by atoms with van der Waals surface area (Å²) < 4.78 is 28.9. The molecule has 0 atom stereocenters. The zero-order valence-corrected chi connectivity index (χ0v) is 15.5. The first-order valence-electron chi connectivity index (χ1n) is 7.18. The number of aromatic nitrogens is 1. The van der Waals surface area contributed by atoms with Crippen LogP contribution in [-0.4, -0.2) is 30.2 Å². The second-order valence-electron chi connectivity index (χ2n) is 5.26. The van der Waals surface area contributed by atoms with E-state index in [1.54, 1.807) is 42.5 Å². The summed E-state index contributed by atoms with van der Waals surface area (Å²) in [5, 5.41) is 8.73. The molecule has 0 aliphatic rings. The Hall–Kier alpha value is -2.10. The summed E-state index contributed by atoms with van der Waals surface area (Å²) in [5.41, 5.74) is 2.12. The van der Waals surface area contributed by atoms with E-state index in [4.69, 9.17) is 5.11 Å². The van der Waals surface area contributed by atoms with Gasteiger partial charge in [0.15, 0.2) is 4.34 Å². The molecule has 0 aliphatic carbocycles. The minimum atomic E-state index is -3.66. The monoisotopic (exact) mass is 394 g/mol. The van der Waals surface area contributed by atoms with Gasteiger partial charge in [0.25, 0.3) is 10.0 Å². The second kappa shape index (κ2) is 7.03. The average molecular weight is 394 g/mol. The lowest BCUT2D eigenvalue weighted by molar-refractivity contribution is -0.133. The van der Waals surface area contributed by atoms with Crippen LogP contribution in [0.2, 0.25) is 0 Å². The van der Waals surface area contributed by atoms with Gasteiger partial charge in [-0.05, 0) is 37.3 Å². The largest absolute Gasteiger partial charge is 0.481 e. The topological polar surface area (TPSA) is 96.4 Å². The molecule has 2 N–H and O–H groups in total. The van der Waals surface area contributed by atoms with Gasteiger partial charge >= 0.3 is 5.97 Å². The van der Waals surface area contributed by atoms with Gasteiger partial charge in [0.05, 0.1) is 26.6 Å². The van der Waals surface area contributed by atoms with Crippen LogP contribution in [0, 0.1) is 6.92 Å². The molecule has 1 heterocycles. The Balaban J connectivity index is 1.83. The van der Waals surface area contributed by atoms with Gasteiger partial charge in [-0.2, -0.15) is 0 Å². The number of aryl methyl sites for hydroxylation is 1. The second-order valence-corrected chi connectivity index (χ2v) is 9.20. The first-order valence-corrected chi connectivity index (χ1v) is 10.5. The van der Waals surface area contributed by atoms with Crippen molar-refractivity contribution in [3.8, 4) is 0 Å². The van der Waals surface area contributed by atoms with Gasteiger partial charge in [-0.25, -0.2) is 13.4 Å². The molecule has 130 valence electrons. The van der Waals surface area contributed by atoms with Gasteiger partial charge in [0, 0.05) is 0 Å². The smallest absolute Gasteiger partial charge is 0.313 e. The van der Waals surface area contributed by atoms with Crippen molar-refractivity contribution in [2.45, 2.75) is 16.2 Å². The molecule has 0 unspecified atom stereocenters. The Morgan fingerprint density at radius 1 is 1.24 bits per heavy atom. The number of carbonyl (C=O) groups is 1. The lowest BCUT2D eigenvalue weighted by Crippen LogP contribution is -2.12.